The molecule has 2 amide bonds. The summed E-state index contributed by atoms with van der Waals surface area (Å²) in [5.41, 5.74) is 0.894. The fraction of sp³-hybridized carbons (Fsp3) is 0.579. The van der Waals surface area contributed by atoms with E-state index < -0.39 is 0 Å². The van der Waals surface area contributed by atoms with Crippen LogP contribution in [0.25, 0.3) is 0 Å². The maximum atomic E-state index is 12.6. The molecule has 3 rings (SSSR count). The van der Waals surface area contributed by atoms with Crippen LogP contribution in [-0.2, 0) is 16.0 Å². The van der Waals surface area contributed by atoms with Crippen molar-refractivity contribution in [3.05, 3.63) is 29.8 Å². The third-order valence-corrected chi connectivity index (χ3v) is 4.94. The van der Waals surface area contributed by atoms with Gasteiger partial charge in [-0.3, -0.25) is 9.59 Å². The summed E-state index contributed by atoms with van der Waals surface area (Å²) in [7, 11) is 1.62. The van der Waals surface area contributed by atoms with Crippen LogP contribution in [0.4, 0.5) is 0 Å². The zero-order valence-electron chi connectivity index (χ0n) is 14.3. The molecule has 1 saturated carbocycles. The van der Waals surface area contributed by atoms with Gasteiger partial charge in [-0.25, -0.2) is 0 Å². The third kappa shape index (κ3) is 4.28. The van der Waals surface area contributed by atoms with E-state index in [0.717, 1.165) is 37.2 Å². The number of methoxy groups -OCH3 is 1. The van der Waals surface area contributed by atoms with E-state index in [-0.39, 0.29) is 17.7 Å². The molecule has 0 bridgehead atoms. The van der Waals surface area contributed by atoms with Gasteiger partial charge in [0.15, 0.2) is 0 Å². The number of hydrogen-bond acceptors (Lipinski definition) is 3. The summed E-state index contributed by atoms with van der Waals surface area (Å²) < 4.78 is 5.32. The maximum Gasteiger partial charge on any atom is 0.227 e. The van der Waals surface area contributed by atoms with Crippen LogP contribution in [0.3, 0.4) is 0 Å². The first-order valence-electron chi connectivity index (χ1n) is 8.84. The van der Waals surface area contributed by atoms with Gasteiger partial charge in [-0.15, -0.1) is 0 Å². The summed E-state index contributed by atoms with van der Waals surface area (Å²) in [5, 5.41) is 3.04. The molecule has 2 fully saturated rings. The highest BCUT2D eigenvalue weighted by Crippen LogP contribution is 2.28. The maximum absolute atomic E-state index is 12.6. The summed E-state index contributed by atoms with van der Waals surface area (Å²) in [4.78, 5) is 26.7. The number of ether oxygens (including phenoxy) is 1. The van der Waals surface area contributed by atoms with Crippen LogP contribution >= 0.6 is 0 Å². The molecule has 1 aliphatic heterocycles. The van der Waals surface area contributed by atoms with Gasteiger partial charge in [0, 0.05) is 25.2 Å². The molecule has 1 aliphatic carbocycles. The Hall–Kier alpha value is -2.04. The van der Waals surface area contributed by atoms with Crippen molar-refractivity contribution >= 4 is 11.8 Å². The van der Waals surface area contributed by atoms with Gasteiger partial charge in [-0.1, -0.05) is 18.2 Å². The van der Waals surface area contributed by atoms with Crippen LogP contribution < -0.4 is 10.1 Å². The minimum Gasteiger partial charge on any atom is -0.496 e. The van der Waals surface area contributed by atoms with Crippen LogP contribution in [0.1, 0.15) is 31.2 Å². The molecule has 0 radical (unpaired) electrons. The lowest BCUT2D eigenvalue weighted by molar-refractivity contribution is -0.135. The summed E-state index contributed by atoms with van der Waals surface area (Å²) in [6.45, 7) is 2.06. The number of nitrogens with zero attached hydrogens (tertiary/aromatic N) is 1. The largest absolute Gasteiger partial charge is 0.496 e. The number of carbonyl (C=O) groups is 2. The second-order valence-electron chi connectivity index (χ2n) is 6.86. The standard InChI is InChI=1S/C19H26N2O3/c1-24-17-7-3-2-5-15(17)11-18(22)21-10-4-6-16(13-21)19(23)20-12-14-8-9-14/h2-3,5,7,14,16H,4,6,8-13H2,1H3,(H,20,23). The van der Waals surface area contributed by atoms with E-state index in [4.69, 9.17) is 4.74 Å². The van der Waals surface area contributed by atoms with Gasteiger partial charge in [-0.2, -0.15) is 0 Å². The highest BCUT2D eigenvalue weighted by atomic mass is 16.5. The molecule has 0 aromatic heterocycles. The normalized spacial score (nSPS) is 20.5. The number of para-hydroxylation sites is 1. The van der Waals surface area contributed by atoms with Crippen molar-refractivity contribution in [2.24, 2.45) is 11.8 Å². The zero-order valence-corrected chi connectivity index (χ0v) is 14.3. The molecule has 1 heterocycles. The first kappa shape index (κ1) is 16.8. The van der Waals surface area contributed by atoms with Crippen molar-refractivity contribution in [2.45, 2.75) is 32.1 Å². The summed E-state index contributed by atoms with van der Waals surface area (Å²) in [6, 6.07) is 7.59. The van der Waals surface area contributed by atoms with Gasteiger partial charge in [0.2, 0.25) is 11.8 Å². The number of amides is 2. The second kappa shape index (κ2) is 7.69. The number of benzene rings is 1. The minimum atomic E-state index is -0.0703. The number of nitrogens with one attached hydrogen (secondary N) is 1. The van der Waals surface area contributed by atoms with Crippen LogP contribution in [0.15, 0.2) is 24.3 Å². The Morgan fingerprint density at radius 2 is 2.04 bits per heavy atom. The van der Waals surface area contributed by atoms with Gasteiger partial charge in [-0.05, 0) is 37.7 Å². The predicted octanol–water partition coefficient (Wildman–Crippen LogP) is 2.00. The fourth-order valence-electron chi connectivity index (χ4n) is 3.25. The monoisotopic (exact) mass is 330 g/mol. The lowest BCUT2D eigenvalue weighted by Gasteiger charge is -2.32. The Bertz CT molecular complexity index is 598. The molecule has 1 atom stereocenters. The van der Waals surface area contributed by atoms with Gasteiger partial charge in [0.1, 0.15) is 5.75 Å². The first-order chi connectivity index (χ1) is 11.7. The van der Waals surface area contributed by atoms with E-state index >= 15 is 0 Å². The first-order valence-corrected chi connectivity index (χ1v) is 8.84. The minimum absolute atomic E-state index is 0.0687. The molecule has 24 heavy (non-hydrogen) atoms. The molecule has 2 aliphatic rings. The Kier molecular flexibility index (Phi) is 5.38. The number of piperidine rings is 1. The van der Waals surface area contributed by atoms with Crippen molar-refractivity contribution in [2.75, 3.05) is 26.7 Å². The molecule has 1 aromatic carbocycles. The van der Waals surface area contributed by atoms with Crippen molar-refractivity contribution in [1.29, 1.82) is 0 Å². The number of carbonyl (C=O) groups excluding carboxylic acids is 2. The van der Waals surface area contributed by atoms with Gasteiger partial charge in [0.25, 0.3) is 0 Å². The molecule has 1 unspecified atom stereocenters. The number of likely N-dealkylation sites (tertiary alicyclic amines) is 1. The summed E-state index contributed by atoms with van der Waals surface area (Å²) >= 11 is 0. The lowest BCUT2D eigenvalue weighted by Crippen LogP contribution is -2.46. The zero-order chi connectivity index (χ0) is 16.9. The predicted molar refractivity (Wildman–Crippen MR) is 91.7 cm³/mol. The van der Waals surface area contributed by atoms with Crippen molar-refractivity contribution < 1.29 is 14.3 Å². The van der Waals surface area contributed by atoms with Crippen LogP contribution in [0.2, 0.25) is 0 Å². The molecule has 130 valence electrons. The summed E-state index contributed by atoms with van der Waals surface area (Å²) in [5.74, 6) is 1.53. The molecule has 0 spiro atoms. The van der Waals surface area contributed by atoms with Crippen LogP contribution in [0, 0.1) is 11.8 Å². The molecule has 1 aromatic rings. The Labute approximate surface area is 143 Å². The van der Waals surface area contributed by atoms with E-state index in [2.05, 4.69) is 5.32 Å². The summed E-state index contributed by atoms with van der Waals surface area (Å²) in [6.07, 6.45) is 4.54. The highest BCUT2D eigenvalue weighted by molar-refractivity contribution is 5.82. The number of hydrogen-bond donors (Lipinski definition) is 1. The molecule has 5 heteroatoms. The average Bonchev–Trinajstić information content (AvgIpc) is 3.44. The third-order valence-electron chi connectivity index (χ3n) is 4.94. The smallest absolute Gasteiger partial charge is 0.227 e. The number of rotatable bonds is 6. The molecule has 5 nitrogen and oxygen atoms in total. The Balaban J connectivity index is 1.55. The van der Waals surface area contributed by atoms with E-state index in [0.29, 0.717) is 18.9 Å². The van der Waals surface area contributed by atoms with E-state index in [1.807, 2.05) is 29.2 Å². The Morgan fingerprint density at radius 3 is 2.79 bits per heavy atom. The van der Waals surface area contributed by atoms with Crippen molar-refractivity contribution in [3.63, 3.8) is 0 Å². The van der Waals surface area contributed by atoms with Crippen LogP contribution in [0.5, 0.6) is 5.75 Å². The van der Waals surface area contributed by atoms with Crippen LogP contribution in [-0.4, -0.2) is 43.5 Å². The average molecular weight is 330 g/mol. The lowest BCUT2D eigenvalue weighted by atomic mass is 9.96. The van der Waals surface area contributed by atoms with E-state index in [9.17, 15) is 9.59 Å². The molecule has 1 N–H and O–H groups in total. The van der Waals surface area contributed by atoms with Crippen molar-refractivity contribution in [3.8, 4) is 5.75 Å². The van der Waals surface area contributed by atoms with Crippen molar-refractivity contribution in [1.82, 2.24) is 10.2 Å². The Morgan fingerprint density at radius 1 is 1.25 bits per heavy atom. The SMILES string of the molecule is COc1ccccc1CC(=O)N1CCCC(C(=O)NCC2CC2)C1. The van der Waals surface area contributed by atoms with Gasteiger partial charge in [0.05, 0.1) is 19.4 Å². The van der Waals surface area contributed by atoms with E-state index in [1.165, 1.54) is 12.8 Å². The van der Waals surface area contributed by atoms with Gasteiger partial charge < -0.3 is 15.0 Å². The molecular formula is C19H26N2O3. The highest BCUT2D eigenvalue weighted by Gasteiger charge is 2.30. The topological polar surface area (TPSA) is 58.6 Å². The second-order valence-corrected chi connectivity index (χ2v) is 6.86. The van der Waals surface area contributed by atoms with Gasteiger partial charge >= 0.3 is 0 Å². The molecule has 1 saturated heterocycles. The quantitative estimate of drug-likeness (QED) is 0.868. The van der Waals surface area contributed by atoms with E-state index in [1.54, 1.807) is 7.11 Å². The molecular weight excluding hydrogens is 304 g/mol. The fourth-order valence-corrected chi connectivity index (χ4v) is 3.25.